The van der Waals surface area contributed by atoms with E-state index in [1.54, 1.807) is 41.7 Å². The Balaban J connectivity index is 1.81. The zero-order valence-corrected chi connectivity index (χ0v) is 14.1. The van der Waals surface area contributed by atoms with Crippen molar-refractivity contribution >= 4 is 23.5 Å². The zero-order valence-electron chi connectivity index (χ0n) is 14.1. The number of pyridine rings is 1. The van der Waals surface area contributed by atoms with Crippen LogP contribution in [0.1, 0.15) is 27.7 Å². The summed E-state index contributed by atoms with van der Waals surface area (Å²) >= 11 is 0. The van der Waals surface area contributed by atoms with Crippen LogP contribution in [0.15, 0.2) is 37.1 Å². The van der Waals surface area contributed by atoms with E-state index in [9.17, 15) is 0 Å². The Morgan fingerprint density at radius 3 is 2.29 bits per heavy atom. The van der Waals surface area contributed by atoms with E-state index in [4.69, 9.17) is 9.31 Å². The SMILES string of the molecule is CC1(C)OB(c2cncc3c2cnn3-c2ncccn2)OC1(C)C. The van der Waals surface area contributed by atoms with Crippen LogP contribution in [0.3, 0.4) is 0 Å². The molecule has 4 heterocycles. The lowest BCUT2D eigenvalue weighted by Gasteiger charge is -2.32. The first-order valence-corrected chi connectivity index (χ1v) is 7.84. The van der Waals surface area contributed by atoms with Crippen molar-refractivity contribution in [2.24, 2.45) is 0 Å². The van der Waals surface area contributed by atoms with E-state index in [0.717, 1.165) is 16.4 Å². The summed E-state index contributed by atoms with van der Waals surface area (Å²) in [4.78, 5) is 12.8. The molecule has 3 aromatic heterocycles. The minimum absolute atomic E-state index is 0.404. The number of aromatic nitrogens is 5. The summed E-state index contributed by atoms with van der Waals surface area (Å²) in [7, 11) is -0.486. The van der Waals surface area contributed by atoms with Gasteiger partial charge in [-0.25, -0.2) is 9.97 Å². The van der Waals surface area contributed by atoms with Crippen molar-refractivity contribution in [1.82, 2.24) is 24.7 Å². The second-order valence-electron chi connectivity index (χ2n) is 6.85. The van der Waals surface area contributed by atoms with E-state index in [0.29, 0.717) is 5.95 Å². The van der Waals surface area contributed by atoms with Crippen molar-refractivity contribution in [2.75, 3.05) is 0 Å². The number of fused-ring (bicyclic) bond motifs is 1. The molecule has 0 unspecified atom stereocenters. The van der Waals surface area contributed by atoms with Gasteiger partial charge in [-0.2, -0.15) is 9.78 Å². The number of nitrogens with zero attached hydrogens (tertiary/aromatic N) is 5. The first-order chi connectivity index (χ1) is 11.4. The van der Waals surface area contributed by atoms with Gasteiger partial charge in [0.1, 0.15) is 0 Å². The Bertz CT molecular complexity index is 878. The average molecular weight is 323 g/mol. The molecule has 1 aliphatic heterocycles. The Hall–Kier alpha value is -2.32. The fraction of sp³-hybridized carbons (Fsp3) is 0.375. The van der Waals surface area contributed by atoms with Gasteiger partial charge in [0, 0.05) is 29.4 Å². The van der Waals surface area contributed by atoms with Gasteiger partial charge in [-0.3, -0.25) is 4.98 Å². The standard InChI is InChI=1S/C16H18BN5O2/c1-15(2)16(3,4)24-17(23-15)12-9-18-10-13-11(12)8-21-22(13)14-19-6-5-7-20-14/h5-10H,1-4H3. The molecule has 0 radical (unpaired) electrons. The fourth-order valence-electron chi connectivity index (χ4n) is 2.68. The largest absolute Gasteiger partial charge is 0.497 e. The molecule has 1 saturated heterocycles. The molecule has 122 valence electrons. The summed E-state index contributed by atoms with van der Waals surface area (Å²) in [6.45, 7) is 8.12. The van der Waals surface area contributed by atoms with Crippen LogP contribution in [0.4, 0.5) is 0 Å². The molecule has 1 fully saturated rings. The van der Waals surface area contributed by atoms with E-state index in [1.807, 2.05) is 27.7 Å². The first-order valence-electron chi connectivity index (χ1n) is 7.84. The first kappa shape index (κ1) is 15.2. The van der Waals surface area contributed by atoms with Gasteiger partial charge < -0.3 is 9.31 Å². The summed E-state index contributed by atoms with van der Waals surface area (Å²) in [5, 5.41) is 5.32. The minimum atomic E-state index is -0.486. The Morgan fingerprint density at radius 2 is 1.62 bits per heavy atom. The monoisotopic (exact) mass is 323 g/mol. The molecule has 0 N–H and O–H groups in total. The van der Waals surface area contributed by atoms with Crippen LogP contribution in [0.2, 0.25) is 0 Å². The molecule has 3 aromatic rings. The molecular formula is C16H18BN5O2. The highest BCUT2D eigenvalue weighted by Crippen LogP contribution is 2.36. The molecule has 8 heteroatoms. The van der Waals surface area contributed by atoms with Crippen LogP contribution < -0.4 is 5.46 Å². The molecule has 0 spiro atoms. The summed E-state index contributed by atoms with van der Waals surface area (Å²) in [5.74, 6) is 0.500. The maximum atomic E-state index is 6.14. The molecule has 0 amide bonds. The lowest BCUT2D eigenvalue weighted by Crippen LogP contribution is -2.41. The molecule has 0 saturated carbocycles. The highest BCUT2D eigenvalue weighted by atomic mass is 16.7. The van der Waals surface area contributed by atoms with Gasteiger partial charge in [0.05, 0.1) is 29.1 Å². The molecule has 7 nitrogen and oxygen atoms in total. The topological polar surface area (TPSA) is 75.0 Å². The third-order valence-corrected chi connectivity index (χ3v) is 4.78. The normalized spacial score (nSPS) is 19.1. The second kappa shape index (κ2) is 5.09. The zero-order chi connectivity index (χ0) is 16.9. The van der Waals surface area contributed by atoms with Gasteiger partial charge in [0.15, 0.2) is 0 Å². The third-order valence-electron chi connectivity index (χ3n) is 4.78. The van der Waals surface area contributed by atoms with Gasteiger partial charge >= 0.3 is 7.12 Å². The van der Waals surface area contributed by atoms with Crippen LogP contribution in [0.5, 0.6) is 0 Å². The highest BCUT2D eigenvalue weighted by Gasteiger charge is 2.52. The summed E-state index contributed by atoms with van der Waals surface area (Å²) in [6.07, 6.45) is 8.65. The van der Waals surface area contributed by atoms with Crippen LogP contribution in [0, 0.1) is 0 Å². The second-order valence-corrected chi connectivity index (χ2v) is 6.85. The molecule has 1 aliphatic rings. The maximum absolute atomic E-state index is 6.14. The lowest BCUT2D eigenvalue weighted by atomic mass is 9.78. The number of rotatable bonds is 2. The third kappa shape index (κ3) is 2.22. The summed E-state index contributed by atoms with van der Waals surface area (Å²) in [6, 6.07) is 1.77. The predicted octanol–water partition coefficient (Wildman–Crippen LogP) is 1.51. The van der Waals surface area contributed by atoms with E-state index in [1.165, 1.54) is 0 Å². The molecule has 0 bridgehead atoms. The van der Waals surface area contributed by atoms with Crippen molar-refractivity contribution in [3.8, 4) is 5.95 Å². The van der Waals surface area contributed by atoms with E-state index in [-0.39, 0.29) is 0 Å². The van der Waals surface area contributed by atoms with Gasteiger partial charge in [-0.15, -0.1) is 0 Å². The number of hydrogen-bond donors (Lipinski definition) is 0. The molecule has 0 atom stereocenters. The Morgan fingerprint density at radius 1 is 0.958 bits per heavy atom. The maximum Gasteiger partial charge on any atom is 0.497 e. The lowest BCUT2D eigenvalue weighted by molar-refractivity contribution is 0.00578. The van der Waals surface area contributed by atoms with E-state index in [2.05, 4.69) is 20.1 Å². The van der Waals surface area contributed by atoms with Gasteiger partial charge in [-0.05, 0) is 33.8 Å². The van der Waals surface area contributed by atoms with Crippen molar-refractivity contribution in [3.05, 3.63) is 37.1 Å². The van der Waals surface area contributed by atoms with Crippen LogP contribution >= 0.6 is 0 Å². The van der Waals surface area contributed by atoms with E-state index >= 15 is 0 Å². The van der Waals surface area contributed by atoms with Gasteiger partial charge in [-0.1, -0.05) is 0 Å². The van der Waals surface area contributed by atoms with Crippen LogP contribution in [0.25, 0.3) is 16.9 Å². The molecular weight excluding hydrogens is 305 g/mol. The van der Waals surface area contributed by atoms with Gasteiger partial charge in [0.25, 0.3) is 5.95 Å². The highest BCUT2D eigenvalue weighted by molar-refractivity contribution is 6.65. The van der Waals surface area contributed by atoms with E-state index < -0.39 is 18.3 Å². The molecule has 0 aliphatic carbocycles. The van der Waals surface area contributed by atoms with Crippen molar-refractivity contribution in [3.63, 3.8) is 0 Å². The molecule has 4 rings (SSSR count). The fourth-order valence-corrected chi connectivity index (χ4v) is 2.68. The molecule has 24 heavy (non-hydrogen) atoms. The quantitative estimate of drug-likeness (QED) is 0.666. The van der Waals surface area contributed by atoms with Crippen LogP contribution in [-0.2, 0) is 9.31 Å². The smallest absolute Gasteiger partial charge is 0.399 e. The summed E-state index contributed by atoms with van der Waals surface area (Å²) < 4.78 is 13.9. The Labute approximate surface area is 140 Å². The van der Waals surface area contributed by atoms with Crippen LogP contribution in [-0.4, -0.2) is 43.1 Å². The van der Waals surface area contributed by atoms with Crippen molar-refractivity contribution < 1.29 is 9.31 Å². The minimum Gasteiger partial charge on any atom is -0.399 e. The van der Waals surface area contributed by atoms with Crippen molar-refractivity contribution in [1.29, 1.82) is 0 Å². The average Bonchev–Trinajstić information content (AvgIpc) is 3.06. The molecule has 0 aromatic carbocycles. The van der Waals surface area contributed by atoms with Crippen molar-refractivity contribution in [2.45, 2.75) is 38.9 Å². The summed E-state index contributed by atoms with van der Waals surface area (Å²) in [5.41, 5.74) is 0.859. The number of hydrogen-bond acceptors (Lipinski definition) is 6. The Kier molecular flexibility index (Phi) is 3.23. The van der Waals surface area contributed by atoms with Gasteiger partial charge in [0.2, 0.25) is 0 Å². The predicted molar refractivity (Wildman–Crippen MR) is 90.2 cm³/mol.